The van der Waals surface area contributed by atoms with Crippen LogP contribution in [0.5, 0.6) is 11.5 Å². The van der Waals surface area contributed by atoms with Crippen molar-refractivity contribution in [3.63, 3.8) is 0 Å². The molecule has 0 radical (unpaired) electrons. The Hall–Kier alpha value is -2.45. The van der Waals surface area contributed by atoms with Crippen LogP contribution in [0.15, 0.2) is 60.7 Å². The Morgan fingerprint density at radius 1 is 1.10 bits per heavy atom. The first-order valence-electron chi connectivity index (χ1n) is 10.4. The third-order valence-electron chi connectivity index (χ3n) is 4.63. The van der Waals surface area contributed by atoms with Gasteiger partial charge in [-0.05, 0) is 91.4 Å². The van der Waals surface area contributed by atoms with Crippen LogP contribution in [0.2, 0.25) is 0 Å². The standard InChI is InChI=1S/C25H27IN2O3/c1-4-14-30-17(2)15-21-10-13-24(18(3)27-21)25(29)28-20-6-5-7-23(16-20)31-22-11-8-19(26)9-12-22/h5-13,16-17H,4,14-15H2,1-3H3,(H,28,29). The van der Waals surface area contributed by atoms with Gasteiger partial charge in [0.2, 0.25) is 0 Å². The minimum Gasteiger partial charge on any atom is -0.457 e. The van der Waals surface area contributed by atoms with Gasteiger partial charge in [-0.2, -0.15) is 0 Å². The van der Waals surface area contributed by atoms with Crippen LogP contribution in [-0.4, -0.2) is 23.6 Å². The molecule has 1 amide bonds. The van der Waals surface area contributed by atoms with E-state index in [0.717, 1.165) is 34.5 Å². The largest absolute Gasteiger partial charge is 0.457 e. The molecule has 1 atom stereocenters. The number of aromatic nitrogens is 1. The molecule has 0 fully saturated rings. The van der Waals surface area contributed by atoms with Crippen molar-refractivity contribution in [3.05, 3.63) is 81.2 Å². The maximum atomic E-state index is 12.8. The number of amides is 1. The van der Waals surface area contributed by atoms with Crippen LogP contribution in [0.25, 0.3) is 0 Å². The molecule has 0 bridgehead atoms. The number of pyridine rings is 1. The number of hydrogen-bond acceptors (Lipinski definition) is 4. The van der Waals surface area contributed by atoms with E-state index < -0.39 is 0 Å². The number of anilines is 1. The summed E-state index contributed by atoms with van der Waals surface area (Å²) in [5, 5.41) is 2.94. The third-order valence-corrected chi connectivity index (χ3v) is 5.35. The summed E-state index contributed by atoms with van der Waals surface area (Å²) in [6, 6.07) is 18.9. The zero-order chi connectivity index (χ0) is 22.2. The van der Waals surface area contributed by atoms with Gasteiger partial charge in [-0.25, -0.2) is 0 Å². The Morgan fingerprint density at radius 3 is 2.58 bits per heavy atom. The first-order chi connectivity index (χ1) is 14.9. The van der Waals surface area contributed by atoms with Gasteiger partial charge >= 0.3 is 0 Å². The van der Waals surface area contributed by atoms with Crippen LogP contribution in [0.1, 0.15) is 42.0 Å². The Bertz CT molecular complexity index is 1020. The van der Waals surface area contributed by atoms with Crippen molar-refractivity contribution in [2.75, 3.05) is 11.9 Å². The van der Waals surface area contributed by atoms with E-state index in [4.69, 9.17) is 9.47 Å². The van der Waals surface area contributed by atoms with E-state index in [1.54, 1.807) is 6.07 Å². The monoisotopic (exact) mass is 530 g/mol. The molecule has 6 heteroatoms. The zero-order valence-electron chi connectivity index (χ0n) is 18.0. The molecular weight excluding hydrogens is 503 g/mol. The Kier molecular flexibility index (Phi) is 8.43. The predicted molar refractivity (Wildman–Crippen MR) is 132 cm³/mol. The maximum absolute atomic E-state index is 12.8. The Labute approximate surface area is 197 Å². The van der Waals surface area contributed by atoms with Crippen LogP contribution in [0.4, 0.5) is 5.69 Å². The van der Waals surface area contributed by atoms with Crippen LogP contribution < -0.4 is 10.1 Å². The number of ether oxygens (including phenoxy) is 2. The van der Waals surface area contributed by atoms with Crippen LogP contribution >= 0.6 is 22.6 Å². The number of aryl methyl sites for hydroxylation is 1. The average Bonchev–Trinajstić information content (AvgIpc) is 2.74. The molecule has 0 saturated carbocycles. The van der Waals surface area contributed by atoms with Gasteiger partial charge in [0.25, 0.3) is 5.91 Å². The Morgan fingerprint density at radius 2 is 1.87 bits per heavy atom. The van der Waals surface area contributed by atoms with Crippen molar-refractivity contribution < 1.29 is 14.3 Å². The van der Waals surface area contributed by atoms with E-state index in [1.165, 1.54) is 0 Å². The number of carbonyl (C=O) groups excluding carboxylic acids is 1. The van der Waals surface area contributed by atoms with E-state index in [1.807, 2.05) is 68.4 Å². The molecule has 31 heavy (non-hydrogen) atoms. The smallest absolute Gasteiger partial charge is 0.257 e. The second kappa shape index (κ2) is 11.2. The zero-order valence-corrected chi connectivity index (χ0v) is 20.2. The molecule has 0 aliphatic heterocycles. The van der Waals surface area contributed by atoms with Crippen molar-refractivity contribution >= 4 is 34.2 Å². The highest BCUT2D eigenvalue weighted by atomic mass is 127. The molecule has 2 aromatic carbocycles. The van der Waals surface area contributed by atoms with Gasteiger partial charge in [0.1, 0.15) is 11.5 Å². The van der Waals surface area contributed by atoms with Crippen molar-refractivity contribution in [3.8, 4) is 11.5 Å². The highest BCUT2D eigenvalue weighted by molar-refractivity contribution is 14.1. The van der Waals surface area contributed by atoms with E-state index in [2.05, 4.69) is 39.8 Å². The second-order valence-electron chi connectivity index (χ2n) is 7.36. The summed E-state index contributed by atoms with van der Waals surface area (Å²) in [6.45, 7) is 6.73. The summed E-state index contributed by atoms with van der Waals surface area (Å²) in [7, 11) is 0. The summed E-state index contributed by atoms with van der Waals surface area (Å²) in [4.78, 5) is 17.4. The molecule has 1 unspecified atom stereocenters. The van der Waals surface area contributed by atoms with Gasteiger partial charge in [-0.15, -0.1) is 0 Å². The molecular formula is C25H27IN2O3. The van der Waals surface area contributed by atoms with Crippen LogP contribution in [-0.2, 0) is 11.2 Å². The van der Waals surface area contributed by atoms with E-state index >= 15 is 0 Å². The predicted octanol–water partition coefficient (Wildman–Crippen LogP) is 6.40. The summed E-state index contributed by atoms with van der Waals surface area (Å²) in [6.07, 6.45) is 1.82. The molecule has 3 rings (SSSR count). The lowest BCUT2D eigenvalue weighted by atomic mass is 10.1. The highest BCUT2D eigenvalue weighted by Gasteiger charge is 2.13. The Balaban J connectivity index is 1.65. The minimum absolute atomic E-state index is 0.0994. The van der Waals surface area contributed by atoms with E-state index in [9.17, 15) is 4.79 Å². The van der Waals surface area contributed by atoms with Gasteiger partial charge in [0.15, 0.2) is 0 Å². The number of hydrogen-bond donors (Lipinski definition) is 1. The summed E-state index contributed by atoms with van der Waals surface area (Å²) in [5.41, 5.74) is 2.84. The molecule has 1 N–H and O–H groups in total. The van der Waals surface area contributed by atoms with Crippen molar-refractivity contribution in [1.82, 2.24) is 4.98 Å². The van der Waals surface area contributed by atoms with Gasteiger partial charge in [0.05, 0.1) is 17.4 Å². The van der Waals surface area contributed by atoms with E-state index in [0.29, 0.717) is 22.7 Å². The number of benzene rings is 2. The van der Waals surface area contributed by atoms with Crippen molar-refractivity contribution in [1.29, 1.82) is 0 Å². The topological polar surface area (TPSA) is 60.5 Å². The molecule has 0 saturated heterocycles. The summed E-state index contributed by atoms with van der Waals surface area (Å²) < 4.78 is 12.7. The lowest BCUT2D eigenvalue weighted by Gasteiger charge is -2.13. The molecule has 0 aliphatic rings. The molecule has 0 spiro atoms. The van der Waals surface area contributed by atoms with E-state index in [-0.39, 0.29) is 12.0 Å². The highest BCUT2D eigenvalue weighted by Crippen LogP contribution is 2.25. The lowest BCUT2D eigenvalue weighted by Crippen LogP contribution is -2.16. The van der Waals surface area contributed by atoms with Crippen LogP contribution in [0, 0.1) is 10.5 Å². The van der Waals surface area contributed by atoms with Crippen molar-refractivity contribution in [2.24, 2.45) is 0 Å². The molecule has 1 aromatic heterocycles. The number of nitrogens with zero attached hydrogens (tertiary/aromatic N) is 1. The normalized spacial score (nSPS) is 11.7. The van der Waals surface area contributed by atoms with Crippen LogP contribution in [0.3, 0.4) is 0 Å². The number of carbonyl (C=O) groups is 1. The molecule has 162 valence electrons. The SMILES string of the molecule is CCCOC(C)Cc1ccc(C(=O)Nc2cccc(Oc3ccc(I)cc3)c2)c(C)n1. The summed E-state index contributed by atoms with van der Waals surface area (Å²) >= 11 is 2.25. The molecule has 3 aromatic rings. The van der Waals surface area contributed by atoms with Crippen molar-refractivity contribution in [2.45, 2.75) is 39.7 Å². The quantitative estimate of drug-likeness (QED) is 0.326. The fraction of sp³-hybridized carbons (Fsp3) is 0.280. The first kappa shape index (κ1) is 23.2. The van der Waals surface area contributed by atoms with Gasteiger partial charge in [0, 0.05) is 34.0 Å². The van der Waals surface area contributed by atoms with Gasteiger partial charge in [-0.1, -0.05) is 13.0 Å². The second-order valence-corrected chi connectivity index (χ2v) is 8.60. The molecule has 5 nitrogen and oxygen atoms in total. The minimum atomic E-state index is -0.196. The maximum Gasteiger partial charge on any atom is 0.257 e. The number of rotatable bonds is 9. The fourth-order valence-electron chi connectivity index (χ4n) is 3.11. The number of nitrogens with one attached hydrogen (secondary N) is 1. The summed E-state index contributed by atoms with van der Waals surface area (Å²) in [5.74, 6) is 1.21. The first-order valence-corrected chi connectivity index (χ1v) is 11.5. The van der Waals surface area contributed by atoms with Gasteiger partial charge in [-0.3, -0.25) is 9.78 Å². The van der Waals surface area contributed by atoms with Gasteiger partial charge < -0.3 is 14.8 Å². The average molecular weight is 530 g/mol. The molecule has 0 aliphatic carbocycles. The lowest BCUT2D eigenvalue weighted by molar-refractivity contribution is 0.0663. The molecule has 1 heterocycles. The third kappa shape index (κ3) is 7.04. The number of halogens is 1. The fourth-order valence-corrected chi connectivity index (χ4v) is 3.47.